The lowest BCUT2D eigenvalue weighted by atomic mass is 10.2. The molecule has 0 saturated heterocycles. The van der Waals surface area contributed by atoms with Gasteiger partial charge < -0.3 is 14.2 Å². The van der Waals surface area contributed by atoms with E-state index in [2.05, 4.69) is 32.6 Å². The van der Waals surface area contributed by atoms with Crippen LogP contribution in [0.3, 0.4) is 0 Å². The molecule has 146 valence electrons. The monoisotopic (exact) mass is 368 g/mol. The van der Waals surface area contributed by atoms with Crippen LogP contribution in [0, 0.1) is 10.1 Å². The first-order valence-electron chi connectivity index (χ1n) is 8.53. The van der Waals surface area contributed by atoms with Gasteiger partial charge in [0.1, 0.15) is 12.7 Å². The molecule has 0 heterocycles. The van der Waals surface area contributed by atoms with E-state index in [1.807, 2.05) is 0 Å². The molecular formula is C18H28N2O6. The Labute approximate surface area is 154 Å². The standard InChI is InChI=1S/C18H28N2O6/c1-12(2)19(13(3)4)10-16(26-14(5)21)11-25-18-9-15(20(22)23)7-8-17(18)24-6/h7-9,12-13,16H,10-11H2,1-6H3. The number of ether oxygens (including phenoxy) is 3. The number of nitro groups is 1. The molecule has 1 aromatic carbocycles. The third-order valence-corrected chi connectivity index (χ3v) is 3.86. The summed E-state index contributed by atoms with van der Waals surface area (Å²) in [4.78, 5) is 24.1. The molecule has 8 heteroatoms. The lowest BCUT2D eigenvalue weighted by Crippen LogP contribution is -2.45. The van der Waals surface area contributed by atoms with Crippen molar-refractivity contribution in [1.82, 2.24) is 4.90 Å². The van der Waals surface area contributed by atoms with Crippen molar-refractivity contribution >= 4 is 11.7 Å². The fourth-order valence-electron chi connectivity index (χ4n) is 2.69. The molecule has 1 rings (SSSR count). The molecule has 1 aromatic rings. The van der Waals surface area contributed by atoms with Gasteiger partial charge in [0.2, 0.25) is 0 Å². The SMILES string of the molecule is COc1ccc([N+](=O)[O-])cc1OCC(CN(C(C)C)C(C)C)OC(C)=O. The van der Waals surface area contributed by atoms with Gasteiger partial charge in [-0.15, -0.1) is 0 Å². The quantitative estimate of drug-likeness (QED) is 0.356. The summed E-state index contributed by atoms with van der Waals surface area (Å²) in [5.74, 6) is 0.207. The van der Waals surface area contributed by atoms with Gasteiger partial charge >= 0.3 is 5.97 Å². The van der Waals surface area contributed by atoms with Crippen LogP contribution in [-0.2, 0) is 9.53 Å². The van der Waals surface area contributed by atoms with E-state index >= 15 is 0 Å². The molecule has 0 saturated carbocycles. The Hall–Kier alpha value is -2.35. The van der Waals surface area contributed by atoms with Crippen LogP contribution >= 0.6 is 0 Å². The number of hydrogen-bond acceptors (Lipinski definition) is 7. The maximum absolute atomic E-state index is 11.4. The van der Waals surface area contributed by atoms with Gasteiger partial charge in [-0.2, -0.15) is 0 Å². The van der Waals surface area contributed by atoms with Gasteiger partial charge in [-0.05, 0) is 33.8 Å². The first-order chi connectivity index (χ1) is 12.1. The highest BCUT2D eigenvalue weighted by atomic mass is 16.6. The molecule has 0 aliphatic rings. The third kappa shape index (κ3) is 6.51. The van der Waals surface area contributed by atoms with Gasteiger partial charge in [-0.1, -0.05) is 0 Å². The number of non-ortho nitro benzene ring substituents is 1. The first-order valence-corrected chi connectivity index (χ1v) is 8.53. The molecule has 26 heavy (non-hydrogen) atoms. The summed E-state index contributed by atoms with van der Waals surface area (Å²) in [6, 6.07) is 4.64. The van der Waals surface area contributed by atoms with Crippen molar-refractivity contribution in [3.05, 3.63) is 28.3 Å². The topological polar surface area (TPSA) is 91.1 Å². The second-order valence-electron chi connectivity index (χ2n) is 6.52. The van der Waals surface area contributed by atoms with Crippen molar-refractivity contribution in [3.8, 4) is 11.5 Å². The van der Waals surface area contributed by atoms with Crippen LogP contribution in [0.1, 0.15) is 34.6 Å². The molecule has 0 bridgehead atoms. The Morgan fingerprint density at radius 3 is 2.27 bits per heavy atom. The zero-order valence-corrected chi connectivity index (χ0v) is 16.2. The average Bonchev–Trinajstić information content (AvgIpc) is 2.55. The number of nitro benzene ring substituents is 1. The van der Waals surface area contributed by atoms with E-state index in [4.69, 9.17) is 14.2 Å². The summed E-state index contributed by atoms with van der Waals surface area (Å²) in [5.41, 5.74) is -0.101. The van der Waals surface area contributed by atoms with E-state index in [9.17, 15) is 14.9 Å². The molecule has 1 atom stereocenters. The highest BCUT2D eigenvalue weighted by Gasteiger charge is 2.23. The molecule has 0 N–H and O–H groups in total. The molecule has 0 aromatic heterocycles. The molecule has 0 aliphatic heterocycles. The van der Waals surface area contributed by atoms with Gasteiger partial charge in [0, 0.05) is 31.6 Å². The summed E-state index contributed by atoms with van der Waals surface area (Å²) >= 11 is 0. The lowest BCUT2D eigenvalue weighted by molar-refractivity contribution is -0.385. The van der Waals surface area contributed by atoms with Gasteiger partial charge in [0.25, 0.3) is 5.69 Å². The lowest BCUT2D eigenvalue weighted by Gasteiger charge is -2.33. The van der Waals surface area contributed by atoms with E-state index in [0.717, 1.165) is 0 Å². The first kappa shape index (κ1) is 21.7. The number of nitrogens with zero attached hydrogens (tertiary/aromatic N) is 2. The summed E-state index contributed by atoms with van der Waals surface area (Å²) in [5, 5.41) is 11.0. The zero-order valence-electron chi connectivity index (χ0n) is 16.2. The minimum absolute atomic E-state index is 0.0625. The summed E-state index contributed by atoms with van der Waals surface area (Å²) in [6.45, 7) is 10.2. The zero-order chi connectivity index (χ0) is 19.9. The average molecular weight is 368 g/mol. The Balaban J connectivity index is 2.94. The fraction of sp³-hybridized carbons (Fsp3) is 0.611. The second-order valence-corrected chi connectivity index (χ2v) is 6.52. The second kappa shape index (κ2) is 9.96. The van der Waals surface area contributed by atoms with Crippen LogP contribution < -0.4 is 9.47 Å². The molecule has 0 aliphatic carbocycles. The molecule has 8 nitrogen and oxygen atoms in total. The minimum atomic E-state index is -0.513. The Morgan fingerprint density at radius 1 is 1.19 bits per heavy atom. The number of rotatable bonds is 10. The molecule has 0 radical (unpaired) electrons. The van der Waals surface area contributed by atoms with Crippen LogP contribution in [0.4, 0.5) is 5.69 Å². The molecule has 1 unspecified atom stereocenters. The van der Waals surface area contributed by atoms with E-state index in [0.29, 0.717) is 12.3 Å². The number of carbonyl (C=O) groups is 1. The molecular weight excluding hydrogens is 340 g/mol. The van der Waals surface area contributed by atoms with Crippen LogP contribution in [0.25, 0.3) is 0 Å². The Kier molecular flexibility index (Phi) is 8.31. The fourth-order valence-corrected chi connectivity index (χ4v) is 2.69. The summed E-state index contributed by atoms with van der Waals surface area (Å²) in [6.07, 6.45) is -0.513. The normalized spacial score (nSPS) is 12.3. The van der Waals surface area contributed by atoms with Crippen LogP contribution in [0.15, 0.2) is 18.2 Å². The van der Waals surface area contributed by atoms with Crippen molar-refractivity contribution in [1.29, 1.82) is 0 Å². The molecule has 0 amide bonds. The van der Waals surface area contributed by atoms with Crippen LogP contribution in [0.5, 0.6) is 11.5 Å². The maximum atomic E-state index is 11.4. The Morgan fingerprint density at radius 2 is 1.81 bits per heavy atom. The van der Waals surface area contributed by atoms with Crippen molar-refractivity contribution in [3.63, 3.8) is 0 Å². The number of methoxy groups -OCH3 is 1. The number of esters is 1. The summed E-state index contributed by atoms with van der Waals surface area (Å²) in [7, 11) is 1.46. The van der Waals surface area contributed by atoms with Crippen LogP contribution in [0.2, 0.25) is 0 Å². The highest BCUT2D eigenvalue weighted by Crippen LogP contribution is 2.31. The van der Waals surface area contributed by atoms with Crippen molar-refractivity contribution in [2.45, 2.75) is 52.8 Å². The highest BCUT2D eigenvalue weighted by molar-refractivity contribution is 5.66. The van der Waals surface area contributed by atoms with Crippen molar-refractivity contribution in [2.24, 2.45) is 0 Å². The van der Waals surface area contributed by atoms with Gasteiger partial charge in [-0.3, -0.25) is 19.8 Å². The van der Waals surface area contributed by atoms with Gasteiger partial charge in [-0.25, -0.2) is 0 Å². The largest absolute Gasteiger partial charge is 0.493 e. The van der Waals surface area contributed by atoms with E-state index in [-0.39, 0.29) is 30.1 Å². The van der Waals surface area contributed by atoms with E-state index in [1.54, 1.807) is 0 Å². The number of benzene rings is 1. The Bertz CT molecular complexity index is 610. The van der Waals surface area contributed by atoms with Gasteiger partial charge in [0.05, 0.1) is 18.1 Å². The van der Waals surface area contributed by atoms with Crippen molar-refractivity contribution < 1.29 is 23.9 Å². The maximum Gasteiger partial charge on any atom is 0.303 e. The third-order valence-electron chi connectivity index (χ3n) is 3.86. The summed E-state index contributed by atoms with van der Waals surface area (Å²) < 4.78 is 16.3. The molecule has 0 fully saturated rings. The van der Waals surface area contributed by atoms with Crippen LogP contribution in [-0.4, -0.2) is 54.2 Å². The smallest absolute Gasteiger partial charge is 0.303 e. The predicted molar refractivity (Wildman–Crippen MR) is 97.7 cm³/mol. The van der Waals surface area contributed by atoms with Crippen molar-refractivity contribution in [2.75, 3.05) is 20.3 Å². The van der Waals surface area contributed by atoms with E-state index < -0.39 is 17.0 Å². The number of carbonyl (C=O) groups excluding carboxylic acids is 1. The van der Waals surface area contributed by atoms with Gasteiger partial charge in [0.15, 0.2) is 11.5 Å². The number of hydrogen-bond donors (Lipinski definition) is 0. The minimum Gasteiger partial charge on any atom is -0.493 e. The van der Waals surface area contributed by atoms with E-state index in [1.165, 1.54) is 32.2 Å². The molecule has 0 spiro atoms. The predicted octanol–water partition coefficient (Wildman–Crippen LogP) is 3.03.